The van der Waals surface area contributed by atoms with Crippen LogP contribution in [-0.4, -0.2) is 69.6 Å². The summed E-state index contributed by atoms with van der Waals surface area (Å²) in [6.45, 7) is 6.76. The van der Waals surface area contributed by atoms with E-state index in [1.165, 1.54) is 8.87 Å². The normalized spacial score (nSPS) is 15.7. The second-order valence-corrected chi connectivity index (χ2v) is 10.7. The Kier molecular flexibility index (Phi) is 6.07. The molecule has 0 saturated carbocycles. The van der Waals surface area contributed by atoms with Gasteiger partial charge in [-0.15, -0.1) is 10.2 Å². The fourth-order valence-electron chi connectivity index (χ4n) is 4.51. The van der Waals surface area contributed by atoms with Gasteiger partial charge in [0.05, 0.1) is 29.0 Å². The Morgan fingerprint density at radius 1 is 1.00 bits per heavy atom. The van der Waals surface area contributed by atoms with Crippen molar-refractivity contribution in [1.82, 2.24) is 28.4 Å². The summed E-state index contributed by atoms with van der Waals surface area (Å²) in [5.41, 5.74) is 1.67. The fourth-order valence-corrected chi connectivity index (χ4v) is 5.93. The van der Waals surface area contributed by atoms with Crippen molar-refractivity contribution >= 4 is 26.7 Å². The van der Waals surface area contributed by atoms with Crippen LogP contribution in [0.25, 0.3) is 16.7 Å². The summed E-state index contributed by atoms with van der Waals surface area (Å²) in [6, 6.07) is 12.3. The molecule has 0 unspecified atom stereocenters. The maximum absolute atomic E-state index is 13.1. The van der Waals surface area contributed by atoms with Crippen molar-refractivity contribution in [3.63, 3.8) is 0 Å². The van der Waals surface area contributed by atoms with Crippen LogP contribution in [0.15, 0.2) is 52.2 Å². The van der Waals surface area contributed by atoms with Crippen LogP contribution in [-0.2, 0) is 23.6 Å². The van der Waals surface area contributed by atoms with Crippen LogP contribution in [0.4, 0.5) is 0 Å². The quantitative estimate of drug-likeness (QED) is 0.401. The van der Waals surface area contributed by atoms with Gasteiger partial charge in [-0.3, -0.25) is 18.7 Å². The van der Waals surface area contributed by atoms with Gasteiger partial charge >= 0.3 is 0 Å². The molecule has 0 radical (unpaired) electrons. The maximum atomic E-state index is 13.1. The summed E-state index contributed by atoms with van der Waals surface area (Å²) in [5.74, 6) is 1.85. The first-order valence-corrected chi connectivity index (χ1v) is 13.0. The smallest absolute Gasteiger partial charge is 0.262 e. The molecule has 1 aliphatic rings. The fraction of sp³-hybridized carbons (Fsp3) is 0.375. The topological polar surface area (TPSA) is 102 Å². The van der Waals surface area contributed by atoms with Gasteiger partial charge in [-0.1, -0.05) is 11.6 Å². The van der Waals surface area contributed by atoms with Crippen molar-refractivity contribution in [2.75, 3.05) is 32.8 Å². The lowest BCUT2D eigenvalue weighted by Gasteiger charge is -2.33. The number of sulfonamides is 1. The van der Waals surface area contributed by atoms with Crippen molar-refractivity contribution in [2.24, 2.45) is 7.05 Å². The molecule has 0 atom stereocenters. The highest BCUT2D eigenvalue weighted by Crippen LogP contribution is 2.22. The average Bonchev–Trinajstić information content (AvgIpc) is 3.27. The predicted octanol–water partition coefficient (Wildman–Crippen LogP) is 1.79. The largest absolute Gasteiger partial charge is 0.494 e. The SMILES string of the molecule is CCOc1ccc(S(=O)(=O)N2CCN(Cc3nnc4n(C)c(=O)c5cc(C)ccc5n34)CC2)cc1. The zero-order chi connectivity index (χ0) is 24.7. The lowest BCUT2D eigenvalue weighted by Crippen LogP contribution is -2.48. The van der Waals surface area contributed by atoms with Gasteiger partial charge in [-0.25, -0.2) is 8.42 Å². The Labute approximate surface area is 203 Å². The van der Waals surface area contributed by atoms with Crippen molar-refractivity contribution in [1.29, 1.82) is 0 Å². The van der Waals surface area contributed by atoms with Gasteiger partial charge in [0, 0.05) is 33.2 Å². The summed E-state index contributed by atoms with van der Waals surface area (Å²) in [6.07, 6.45) is 0. The van der Waals surface area contributed by atoms with Gasteiger partial charge in [0.2, 0.25) is 15.8 Å². The maximum Gasteiger partial charge on any atom is 0.262 e. The molecule has 1 saturated heterocycles. The number of hydrogen-bond acceptors (Lipinski definition) is 7. The van der Waals surface area contributed by atoms with E-state index in [0.29, 0.717) is 62.1 Å². The Morgan fingerprint density at radius 2 is 1.71 bits per heavy atom. The molecule has 0 spiro atoms. The van der Waals surface area contributed by atoms with Crippen molar-refractivity contribution in [3.05, 3.63) is 64.2 Å². The Hall–Kier alpha value is -3.28. The van der Waals surface area contributed by atoms with E-state index in [1.54, 1.807) is 31.3 Å². The van der Waals surface area contributed by atoms with E-state index in [0.717, 1.165) is 11.1 Å². The molecular weight excluding hydrogens is 468 g/mol. The summed E-state index contributed by atoms with van der Waals surface area (Å²) < 4.78 is 36.6. The molecule has 0 amide bonds. The van der Waals surface area contributed by atoms with E-state index in [1.807, 2.05) is 36.4 Å². The van der Waals surface area contributed by atoms with Gasteiger partial charge in [0.15, 0.2) is 5.82 Å². The minimum Gasteiger partial charge on any atom is -0.494 e. The van der Waals surface area contributed by atoms with Gasteiger partial charge < -0.3 is 4.74 Å². The second kappa shape index (κ2) is 9.06. The molecular formula is C24H28N6O4S. The molecule has 184 valence electrons. The van der Waals surface area contributed by atoms with Crippen LogP contribution in [0.1, 0.15) is 18.3 Å². The first kappa shape index (κ1) is 23.5. The van der Waals surface area contributed by atoms with Crippen molar-refractivity contribution < 1.29 is 13.2 Å². The third kappa shape index (κ3) is 4.19. The summed E-state index contributed by atoms with van der Waals surface area (Å²) in [4.78, 5) is 15.2. The Morgan fingerprint density at radius 3 is 2.40 bits per heavy atom. The lowest BCUT2D eigenvalue weighted by atomic mass is 10.1. The summed E-state index contributed by atoms with van der Waals surface area (Å²) in [7, 11) is -1.88. The van der Waals surface area contributed by atoms with E-state index in [9.17, 15) is 13.2 Å². The lowest BCUT2D eigenvalue weighted by molar-refractivity contribution is 0.177. The molecule has 11 heteroatoms. The highest BCUT2D eigenvalue weighted by atomic mass is 32.2. The number of hydrogen-bond donors (Lipinski definition) is 0. The molecule has 1 fully saturated rings. The summed E-state index contributed by atoms with van der Waals surface area (Å²) >= 11 is 0. The van der Waals surface area contributed by atoms with Gasteiger partial charge in [0.1, 0.15) is 5.75 Å². The van der Waals surface area contributed by atoms with E-state index < -0.39 is 10.0 Å². The molecule has 5 rings (SSSR count). The first-order valence-electron chi connectivity index (χ1n) is 11.6. The van der Waals surface area contributed by atoms with Crippen LogP contribution in [0, 0.1) is 6.92 Å². The molecule has 2 aromatic heterocycles. The molecule has 0 aliphatic carbocycles. The molecule has 0 bridgehead atoms. The zero-order valence-electron chi connectivity index (χ0n) is 20.0. The molecule has 35 heavy (non-hydrogen) atoms. The zero-order valence-corrected chi connectivity index (χ0v) is 20.8. The third-order valence-corrected chi connectivity index (χ3v) is 8.32. The number of ether oxygens (including phenoxy) is 1. The number of rotatable bonds is 6. The Bertz CT molecular complexity index is 1550. The van der Waals surface area contributed by atoms with Crippen LogP contribution in [0.2, 0.25) is 0 Å². The van der Waals surface area contributed by atoms with Gasteiger partial charge in [-0.05, 0) is 50.2 Å². The molecule has 10 nitrogen and oxygen atoms in total. The van der Waals surface area contributed by atoms with Crippen LogP contribution < -0.4 is 10.3 Å². The molecule has 0 N–H and O–H groups in total. The van der Waals surface area contributed by atoms with Crippen molar-refractivity contribution in [2.45, 2.75) is 25.3 Å². The second-order valence-electron chi connectivity index (χ2n) is 8.72. The molecule has 3 heterocycles. The van der Waals surface area contributed by atoms with Crippen LogP contribution >= 0.6 is 0 Å². The van der Waals surface area contributed by atoms with E-state index in [-0.39, 0.29) is 10.5 Å². The third-order valence-electron chi connectivity index (χ3n) is 6.41. The van der Waals surface area contributed by atoms with E-state index in [4.69, 9.17) is 4.74 Å². The molecule has 2 aromatic carbocycles. The Balaban J connectivity index is 1.35. The number of benzene rings is 2. The van der Waals surface area contributed by atoms with Crippen LogP contribution in [0.5, 0.6) is 5.75 Å². The van der Waals surface area contributed by atoms with Crippen LogP contribution in [0.3, 0.4) is 0 Å². The number of nitrogens with zero attached hydrogens (tertiary/aromatic N) is 6. The van der Waals surface area contributed by atoms with E-state index in [2.05, 4.69) is 15.1 Å². The standard InChI is InChI=1S/C24H28N6O4S/c1-4-34-18-6-8-19(9-7-18)35(32,33)29-13-11-28(12-14-29)16-22-25-26-24-27(3)23(31)20-15-17(2)5-10-21(20)30(22)24/h5-10,15H,4,11-14,16H2,1-3H3. The first-order chi connectivity index (χ1) is 16.8. The predicted molar refractivity (Wildman–Crippen MR) is 132 cm³/mol. The highest BCUT2D eigenvalue weighted by Gasteiger charge is 2.29. The monoisotopic (exact) mass is 496 g/mol. The van der Waals surface area contributed by atoms with Gasteiger partial charge in [-0.2, -0.15) is 4.31 Å². The average molecular weight is 497 g/mol. The summed E-state index contributed by atoms with van der Waals surface area (Å²) in [5, 5.41) is 9.25. The molecule has 1 aliphatic heterocycles. The molecule has 4 aromatic rings. The van der Waals surface area contributed by atoms with E-state index >= 15 is 0 Å². The minimum absolute atomic E-state index is 0.108. The minimum atomic E-state index is -3.58. The van der Waals surface area contributed by atoms with Crippen molar-refractivity contribution in [3.8, 4) is 5.75 Å². The number of aromatic nitrogens is 4. The number of piperazine rings is 1. The number of aryl methyl sites for hydroxylation is 2. The highest BCUT2D eigenvalue weighted by molar-refractivity contribution is 7.89. The van der Waals surface area contributed by atoms with Gasteiger partial charge in [0.25, 0.3) is 5.56 Å². The number of fused-ring (bicyclic) bond motifs is 3.